The number of amides is 3. The number of hydrogen-bond acceptors (Lipinski definition) is 3. The standard InChI is InChI=1S/C16H16F15N3O3/c17-11(18,14(23,24)25)8(35)32-4-1-2-6-34(10(37)13(21,22)16(29,30)31)7-3-5-33-9(36)12(19,20)15(26,27)28/h1-7H2,(H,32,35)(H,33,36). The summed E-state index contributed by atoms with van der Waals surface area (Å²) in [5, 5.41) is 2.17. The number of nitrogens with one attached hydrogen (secondary N) is 2. The Morgan fingerprint density at radius 2 is 0.811 bits per heavy atom. The van der Waals surface area contributed by atoms with Crippen LogP contribution in [0.15, 0.2) is 0 Å². The number of nitrogens with zero attached hydrogens (tertiary/aromatic N) is 1. The molecule has 3 amide bonds. The van der Waals surface area contributed by atoms with Crippen molar-refractivity contribution in [2.45, 2.75) is 55.6 Å². The Hall–Kier alpha value is -2.64. The van der Waals surface area contributed by atoms with Gasteiger partial charge in [-0.1, -0.05) is 0 Å². The quantitative estimate of drug-likeness (QED) is 0.271. The lowest BCUT2D eigenvalue weighted by atomic mass is 10.2. The van der Waals surface area contributed by atoms with Gasteiger partial charge in [-0.2, -0.15) is 65.9 Å². The summed E-state index contributed by atoms with van der Waals surface area (Å²) in [7, 11) is 0. The molecular weight excluding hydrogens is 567 g/mol. The molecule has 0 rings (SSSR count). The molecule has 0 unspecified atom stereocenters. The second kappa shape index (κ2) is 11.8. The summed E-state index contributed by atoms with van der Waals surface area (Å²) >= 11 is 0. The molecule has 0 saturated heterocycles. The van der Waals surface area contributed by atoms with E-state index >= 15 is 0 Å². The van der Waals surface area contributed by atoms with Crippen LogP contribution in [-0.4, -0.2) is 85.1 Å². The number of alkyl halides is 15. The lowest BCUT2D eigenvalue weighted by molar-refractivity contribution is -0.274. The monoisotopic (exact) mass is 583 g/mol. The molecule has 0 bridgehead atoms. The van der Waals surface area contributed by atoms with Crippen LogP contribution in [0.25, 0.3) is 0 Å². The Bertz CT molecular complexity index is 806. The maximum absolute atomic E-state index is 13.4. The van der Waals surface area contributed by atoms with Crippen LogP contribution in [0.2, 0.25) is 0 Å². The predicted molar refractivity (Wildman–Crippen MR) is 89.5 cm³/mol. The van der Waals surface area contributed by atoms with E-state index in [1.165, 1.54) is 0 Å². The Kier molecular flexibility index (Phi) is 11.0. The average molecular weight is 583 g/mol. The van der Waals surface area contributed by atoms with Crippen molar-refractivity contribution in [1.29, 1.82) is 0 Å². The Balaban J connectivity index is 5.12. The van der Waals surface area contributed by atoms with Crippen LogP contribution in [0.4, 0.5) is 65.9 Å². The van der Waals surface area contributed by atoms with Crippen LogP contribution in [0.5, 0.6) is 0 Å². The van der Waals surface area contributed by atoms with Gasteiger partial charge in [0.05, 0.1) is 0 Å². The van der Waals surface area contributed by atoms with E-state index in [4.69, 9.17) is 0 Å². The van der Waals surface area contributed by atoms with Gasteiger partial charge in [-0.25, -0.2) is 0 Å². The van der Waals surface area contributed by atoms with Crippen molar-refractivity contribution in [2.24, 2.45) is 0 Å². The molecule has 0 spiro atoms. The topological polar surface area (TPSA) is 78.5 Å². The maximum atomic E-state index is 13.4. The SMILES string of the molecule is O=C(NCCCCN(CCCNC(=O)C(F)(F)C(F)(F)F)C(=O)C(F)(F)C(F)(F)F)C(F)(F)C(F)(F)F. The molecule has 0 aromatic heterocycles. The van der Waals surface area contributed by atoms with Gasteiger partial charge in [-0.05, 0) is 19.3 Å². The molecule has 0 radical (unpaired) electrons. The van der Waals surface area contributed by atoms with Crippen LogP contribution in [0.3, 0.4) is 0 Å². The van der Waals surface area contributed by atoms with Crippen LogP contribution in [0, 0.1) is 0 Å². The first kappa shape index (κ1) is 34.4. The van der Waals surface area contributed by atoms with E-state index in [-0.39, 0.29) is 4.90 Å². The number of unbranched alkanes of at least 4 members (excludes halogenated alkanes) is 1. The van der Waals surface area contributed by atoms with Crippen LogP contribution in [0.1, 0.15) is 19.3 Å². The third-order valence-electron chi connectivity index (χ3n) is 4.22. The van der Waals surface area contributed by atoms with Crippen molar-refractivity contribution in [2.75, 3.05) is 26.2 Å². The Labute approximate surface area is 196 Å². The third kappa shape index (κ3) is 8.71. The summed E-state index contributed by atoms with van der Waals surface area (Å²) in [4.78, 5) is 33.2. The molecule has 37 heavy (non-hydrogen) atoms. The van der Waals surface area contributed by atoms with Gasteiger partial charge in [0.15, 0.2) is 0 Å². The smallest absolute Gasteiger partial charge is 0.351 e. The first-order valence-electron chi connectivity index (χ1n) is 9.51. The minimum atomic E-state index is -6.43. The zero-order valence-electron chi connectivity index (χ0n) is 17.8. The number of hydrogen-bond donors (Lipinski definition) is 2. The Morgan fingerprint density at radius 1 is 0.486 bits per heavy atom. The van der Waals surface area contributed by atoms with E-state index in [9.17, 15) is 80.2 Å². The average Bonchev–Trinajstić information content (AvgIpc) is 2.71. The summed E-state index contributed by atoms with van der Waals surface area (Å²) in [5.41, 5.74) is 0. The first-order valence-corrected chi connectivity index (χ1v) is 9.51. The summed E-state index contributed by atoms with van der Waals surface area (Å²) in [6.45, 7) is -4.40. The lowest BCUT2D eigenvalue weighted by Crippen LogP contribution is -2.53. The van der Waals surface area contributed by atoms with Crippen molar-refractivity contribution in [3.05, 3.63) is 0 Å². The summed E-state index contributed by atoms with van der Waals surface area (Å²) in [6, 6.07) is 0. The van der Waals surface area contributed by atoms with Crippen molar-refractivity contribution in [3.8, 4) is 0 Å². The number of rotatable bonds is 12. The molecule has 0 aliphatic heterocycles. The predicted octanol–water partition coefficient (Wildman–Crippen LogP) is 3.81. The fourth-order valence-corrected chi connectivity index (χ4v) is 2.22. The second-order valence-electron chi connectivity index (χ2n) is 7.08. The first-order chi connectivity index (χ1) is 16.3. The molecule has 0 aromatic carbocycles. The van der Waals surface area contributed by atoms with Gasteiger partial charge in [0, 0.05) is 26.2 Å². The van der Waals surface area contributed by atoms with Crippen LogP contribution < -0.4 is 10.6 Å². The minimum absolute atomic E-state index is 0.256. The zero-order chi connectivity index (χ0) is 29.7. The molecule has 0 saturated carbocycles. The molecule has 2 N–H and O–H groups in total. The normalized spacial score (nSPS) is 13.8. The van der Waals surface area contributed by atoms with E-state index in [1.54, 1.807) is 0 Å². The van der Waals surface area contributed by atoms with E-state index in [2.05, 4.69) is 0 Å². The highest BCUT2D eigenvalue weighted by molar-refractivity contribution is 5.85. The second-order valence-corrected chi connectivity index (χ2v) is 7.08. The van der Waals surface area contributed by atoms with Crippen molar-refractivity contribution < 1.29 is 80.2 Å². The number of carbonyl (C=O) groups is 3. The van der Waals surface area contributed by atoms with E-state index in [0.29, 0.717) is 0 Å². The molecule has 0 fully saturated rings. The summed E-state index contributed by atoms with van der Waals surface area (Å²) < 4.78 is 188. The van der Waals surface area contributed by atoms with Gasteiger partial charge in [-0.3, -0.25) is 14.4 Å². The molecular formula is C16H16F15N3O3. The molecule has 0 heterocycles. The third-order valence-corrected chi connectivity index (χ3v) is 4.22. The van der Waals surface area contributed by atoms with Gasteiger partial charge in [-0.15, -0.1) is 0 Å². The largest absolute Gasteiger partial charge is 0.463 e. The summed E-state index contributed by atoms with van der Waals surface area (Å²) in [6.07, 6.45) is -21.3. The number of carbonyl (C=O) groups excluding carboxylic acids is 3. The lowest BCUT2D eigenvalue weighted by Gasteiger charge is -2.28. The highest BCUT2D eigenvalue weighted by Gasteiger charge is 2.65. The molecule has 218 valence electrons. The Morgan fingerprint density at radius 3 is 1.16 bits per heavy atom. The van der Waals surface area contributed by atoms with Gasteiger partial charge in [0.2, 0.25) is 0 Å². The molecule has 0 aliphatic carbocycles. The molecule has 6 nitrogen and oxygen atoms in total. The molecule has 0 aromatic rings. The highest BCUT2D eigenvalue weighted by Crippen LogP contribution is 2.38. The van der Waals surface area contributed by atoms with E-state index in [0.717, 1.165) is 10.6 Å². The molecule has 0 aliphatic rings. The minimum Gasteiger partial charge on any atom is -0.351 e. The maximum Gasteiger partial charge on any atom is 0.463 e. The van der Waals surface area contributed by atoms with Crippen molar-refractivity contribution in [3.63, 3.8) is 0 Å². The van der Waals surface area contributed by atoms with Crippen molar-refractivity contribution >= 4 is 17.7 Å². The van der Waals surface area contributed by atoms with Crippen LogP contribution in [-0.2, 0) is 14.4 Å². The van der Waals surface area contributed by atoms with Crippen molar-refractivity contribution in [1.82, 2.24) is 15.5 Å². The fourth-order valence-electron chi connectivity index (χ4n) is 2.22. The van der Waals surface area contributed by atoms with Crippen LogP contribution >= 0.6 is 0 Å². The fraction of sp³-hybridized carbons (Fsp3) is 0.812. The molecule has 21 heteroatoms. The summed E-state index contributed by atoms with van der Waals surface area (Å²) in [5.74, 6) is -26.3. The van der Waals surface area contributed by atoms with Gasteiger partial charge in [0.1, 0.15) is 0 Å². The van der Waals surface area contributed by atoms with E-state index in [1.807, 2.05) is 0 Å². The van der Waals surface area contributed by atoms with Gasteiger partial charge in [0.25, 0.3) is 11.8 Å². The number of halogens is 15. The molecule has 0 atom stereocenters. The highest BCUT2D eigenvalue weighted by atomic mass is 19.4. The van der Waals surface area contributed by atoms with Gasteiger partial charge < -0.3 is 15.5 Å². The van der Waals surface area contributed by atoms with E-state index < -0.39 is 99.5 Å². The zero-order valence-corrected chi connectivity index (χ0v) is 17.8. The van der Waals surface area contributed by atoms with Gasteiger partial charge >= 0.3 is 42.2 Å².